The third-order valence-electron chi connectivity index (χ3n) is 3.15. The summed E-state index contributed by atoms with van der Waals surface area (Å²) >= 11 is 0. The van der Waals surface area contributed by atoms with Gasteiger partial charge in [0.1, 0.15) is 0 Å². The molecule has 1 N–H and O–H groups in total. The van der Waals surface area contributed by atoms with E-state index in [2.05, 4.69) is 53.2 Å². The summed E-state index contributed by atoms with van der Waals surface area (Å²) in [6.07, 6.45) is 4.32. The molecular formula is C14H21N3. The summed E-state index contributed by atoms with van der Waals surface area (Å²) in [6.45, 7) is 6.54. The number of benzene rings is 1. The Morgan fingerprint density at radius 2 is 2.18 bits per heavy atom. The van der Waals surface area contributed by atoms with E-state index in [9.17, 15) is 0 Å². The molecule has 17 heavy (non-hydrogen) atoms. The van der Waals surface area contributed by atoms with Crippen molar-refractivity contribution < 1.29 is 0 Å². The topological polar surface area (TPSA) is 29.9 Å². The van der Waals surface area contributed by atoms with Gasteiger partial charge in [-0.25, -0.2) is 0 Å². The van der Waals surface area contributed by atoms with Crippen LogP contribution in [0, 0.1) is 0 Å². The van der Waals surface area contributed by atoms with Gasteiger partial charge >= 0.3 is 0 Å². The second kappa shape index (κ2) is 5.82. The zero-order valence-corrected chi connectivity index (χ0v) is 10.7. The number of nitrogens with zero attached hydrogens (tertiary/aromatic N) is 2. The average molecular weight is 231 g/mol. The second-order valence-electron chi connectivity index (χ2n) is 4.49. The summed E-state index contributed by atoms with van der Waals surface area (Å²) in [5.74, 6) is 0. The number of hydrogen-bond donors (Lipinski definition) is 1. The molecule has 2 aromatic rings. The van der Waals surface area contributed by atoms with Crippen LogP contribution in [-0.4, -0.2) is 22.9 Å². The van der Waals surface area contributed by atoms with E-state index in [-0.39, 0.29) is 0 Å². The number of para-hydroxylation sites is 1. The highest BCUT2D eigenvalue weighted by atomic mass is 15.3. The minimum atomic E-state index is 0.466. The maximum Gasteiger partial charge on any atom is 0.0685 e. The van der Waals surface area contributed by atoms with Crippen LogP contribution in [0.1, 0.15) is 32.7 Å². The lowest BCUT2D eigenvalue weighted by atomic mass is 10.1. The summed E-state index contributed by atoms with van der Waals surface area (Å²) in [6, 6.07) is 8.86. The van der Waals surface area contributed by atoms with Gasteiger partial charge in [0.25, 0.3) is 0 Å². The summed E-state index contributed by atoms with van der Waals surface area (Å²) < 4.78 is 2.14. The fraction of sp³-hybridized carbons (Fsp3) is 0.500. The molecule has 0 saturated carbocycles. The molecule has 0 aliphatic heterocycles. The van der Waals surface area contributed by atoms with Crippen LogP contribution in [-0.2, 0) is 0 Å². The van der Waals surface area contributed by atoms with Crippen LogP contribution < -0.4 is 5.32 Å². The number of aromatic nitrogens is 2. The van der Waals surface area contributed by atoms with Gasteiger partial charge in [-0.2, -0.15) is 5.10 Å². The maximum atomic E-state index is 4.49. The summed E-state index contributed by atoms with van der Waals surface area (Å²) in [5, 5.41) is 9.07. The first-order valence-electron chi connectivity index (χ1n) is 6.46. The van der Waals surface area contributed by atoms with Gasteiger partial charge in [0, 0.05) is 11.4 Å². The van der Waals surface area contributed by atoms with E-state index in [1.54, 1.807) is 0 Å². The molecule has 0 radical (unpaired) electrons. The molecule has 1 unspecified atom stereocenters. The molecule has 0 spiro atoms. The standard InChI is InChI=1S/C14H21N3/c1-3-15-10-6-7-12(2)17-14-9-5-4-8-13(14)11-16-17/h4-5,8-9,11-12,15H,3,6-7,10H2,1-2H3. The first-order valence-corrected chi connectivity index (χ1v) is 6.46. The molecule has 0 fully saturated rings. The van der Waals surface area contributed by atoms with Crippen molar-refractivity contribution in [1.29, 1.82) is 0 Å². The number of rotatable bonds is 6. The molecule has 0 saturated heterocycles. The smallest absolute Gasteiger partial charge is 0.0685 e. The highest BCUT2D eigenvalue weighted by Crippen LogP contribution is 2.20. The fourth-order valence-electron chi connectivity index (χ4n) is 2.16. The molecule has 1 aromatic heterocycles. The summed E-state index contributed by atoms with van der Waals surface area (Å²) in [4.78, 5) is 0. The van der Waals surface area contributed by atoms with Crippen LogP contribution in [0.2, 0.25) is 0 Å². The normalized spacial score (nSPS) is 13.1. The van der Waals surface area contributed by atoms with Crippen LogP contribution in [0.4, 0.5) is 0 Å². The van der Waals surface area contributed by atoms with Crippen molar-refractivity contribution in [2.24, 2.45) is 0 Å². The molecule has 1 aromatic carbocycles. The van der Waals surface area contributed by atoms with Gasteiger partial charge in [0.2, 0.25) is 0 Å². The Morgan fingerprint density at radius 1 is 1.35 bits per heavy atom. The van der Waals surface area contributed by atoms with E-state index >= 15 is 0 Å². The lowest BCUT2D eigenvalue weighted by Gasteiger charge is -2.13. The Bertz CT molecular complexity index is 461. The molecule has 3 heteroatoms. The van der Waals surface area contributed by atoms with Crippen LogP contribution in [0.3, 0.4) is 0 Å². The van der Waals surface area contributed by atoms with Crippen LogP contribution >= 0.6 is 0 Å². The van der Waals surface area contributed by atoms with Crippen molar-refractivity contribution in [2.45, 2.75) is 32.7 Å². The summed E-state index contributed by atoms with van der Waals surface area (Å²) in [5.41, 5.74) is 1.24. The van der Waals surface area contributed by atoms with Crippen molar-refractivity contribution >= 4 is 10.9 Å². The average Bonchev–Trinajstić information content (AvgIpc) is 2.78. The molecular weight excluding hydrogens is 210 g/mol. The zero-order chi connectivity index (χ0) is 12.1. The minimum absolute atomic E-state index is 0.466. The molecule has 0 bridgehead atoms. The first-order chi connectivity index (χ1) is 8.33. The molecule has 3 nitrogen and oxygen atoms in total. The molecule has 1 heterocycles. The van der Waals surface area contributed by atoms with Gasteiger partial charge in [-0.3, -0.25) is 4.68 Å². The quantitative estimate of drug-likeness (QED) is 0.775. The minimum Gasteiger partial charge on any atom is -0.317 e. The van der Waals surface area contributed by atoms with Crippen molar-refractivity contribution in [3.05, 3.63) is 30.5 Å². The van der Waals surface area contributed by atoms with Gasteiger partial charge in [-0.15, -0.1) is 0 Å². The van der Waals surface area contributed by atoms with Crippen molar-refractivity contribution in [3.63, 3.8) is 0 Å². The Hall–Kier alpha value is -1.35. The number of fused-ring (bicyclic) bond motifs is 1. The number of hydrogen-bond acceptors (Lipinski definition) is 2. The van der Waals surface area contributed by atoms with E-state index in [1.807, 2.05) is 6.20 Å². The lowest BCUT2D eigenvalue weighted by molar-refractivity contribution is 0.452. The van der Waals surface area contributed by atoms with Crippen LogP contribution in [0.5, 0.6) is 0 Å². The molecule has 0 aliphatic carbocycles. The maximum absolute atomic E-state index is 4.49. The highest BCUT2D eigenvalue weighted by molar-refractivity contribution is 5.78. The third-order valence-corrected chi connectivity index (χ3v) is 3.15. The summed E-state index contributed by atoms with van der Waals surface area (Å²) in [7, 11) is 0. The molecule has 0 aliphatic rings. The van der Waals surface area contributed by atoms with Crippen LogP contribution in [0.25, 0.3) is 10.9 Å². The molecule has 0 amide bonds. The Balaban J connectivity index is 2.01. The van der Waals surface area contributed by atoms with Gasteiger partial charge < -0.3 is 5.32 Å². The van der Waals surface area contributed by atoms with Crippen molar-refractivity contribution in [3.8, 4) is 0 Å². The van der Waals surface area contributed by atoms with E-state index in [1.165, 1.54) is 23.7 Å². The monoisotopic (exact) mass is 231 g/mol. The van der Waals surface area contributed by atoms with Crippen LogP contribution in [0.15, 0.2) is 30.5 Å². The molecule has 1 atom stereocenters. The van der Waals surface area contributed by atoms with Gasteiger partial charge in [-0.05, 0) is 38.9 Å². The van der Waals surface area contributed by atoms with Gasteiger partial charge in [-0.1, -0.05) is 25.1 Å². The predicted molar refractivity (Wildman–Crippen MR) is 72.2 cm³/mol. The largest absolute Gasteiger partial charge is 0.317 e. The van der Waals surface area contributed by atoms with E-state index in [0.29, 0.717) is 6.04 Å². The first kappa shape index (κ1) is 12.1. The van der Waals surface area contributed by atoms with E-state index in [0.717, 1.165) is 13.1 Å². The lowest BCUT2D eigenvalue weighted by Crippen LogP contribution is -2.16. The van der Waals surface area contributed by atoms with Crippen molar-refractivity contribution in [2.75, 3.05) is 13.1 Å². The van der Waals surface area contributed by atoms with Gasteiger partial charge in [0.05, 0.1) is 11.7 Å². The van der Waals surface area contributed by atoms with Crippen molar-refractivity contribution in [1.82, 2.24) is 15.1 Å². The highest BCUT2D eigenvalue weighted by Gasteiger charge is 2.08. The molecule has 2 rings (SSSR count). The second-order valence-corrected chi connectivity index (χ2v) is 4.49. The van der Waals surface area contributed by atoms with Gasteiger partial charge in [0.15, 0.2) is 0 Å². The van der Waals surface area contributed by atoms with E-state index in [4.69, 9.17) is 0 Å². The zero-order valence-electron chi connectivity index (χ0n) is 10.7. The predicted octanol–water partition coefficient (Wildman–Crippen LogP) is 2.99. The van der Waals surface area contributed by atoms with E-state index < -0.39 is 0 Å². The SMILES string of the molecule is CCNCCCC(C)n1ncc2ccccc21. The number of nitrogens with one attached hydrogen (secondary N) is 1. The third kappa shape index (κ3) is 2.86. The Kier molecular flexibility index (Phi) is 4.15. The Labute approximate surface area is 103 Å². The fourth-order valence-corrected chi connectivity index (χ4v) is 2.16. The molecule has 92 valence electrons. The Morgan fingerprint density at radius 3 is 3.00 bits per heavy atom.